The van der Waals surface area contributed by atoms with E-state index in [0.717, 1.165) is 0 Å². The van der Waals surface area contributed by atoms with Gasteiger partial charge in [-0.05, 0) is 24.3 Å². The van der Waals surface area contributed by atoms with E-state index in [4.69, 9.17) is 9.47 Å². The molecule has 0 bridgehead atoms. The number of esters is 3. The topological polar surface area (TPSA) is 78.9 Å². The molecule has 0 spiro atoms. The SMILES string of the molecule is CC(=O)OCCOC(=O)c1ccccc1C(=O)Oc1ccccc1. The first kappa shape index (κ1) is 17.2. The molecule has 124 valence electrons. The van der Waals surface area contributed by atoms with Crippen LogP contribution >= 0.6 is 0 Å². The highest BCUT2D eigenvalue weighted by Gasteiger charge is 2.19. The molecule has 6 nitrogen and oxygen atoms in total. The molecule has 0 saturated heterocycles. The molecule has 0 atom stereocenters. The second kappa shape index (κ2) is 8.47. The minimum absolute atomic E-state index is 0.0439. The van der Waals surface area contributed by atoms with Crippen LogP contribution in [-0.2, 0) is 14.3 Å². The van der Waals surface area contributed by atoms with Crippen molar-refractivity contribution < 1.29 is 28.6 Å². The average molecular weight is 328 g/mol. The fraction of sp³-hybridized carbons (Fsp3) is 0.167. The van der Waals surface area contributed by atoms with Crippen LogP contribution in [0.2, 0.25) is 0 Å². The second-order valence-corrected chi connectivity index (χ2v) is 4.72. The summed E-state index contributed by atoms with van der Waals surface area (Å²) in [5, 5.41) is 0. The number of hydrogen-bond donors (Lipinski definition) is 0. The summed E-state index contributed by atoms with van der Waals surface area (Å²) < 4.78 is 14.9. The van der Waals surface area contributed by atoms with Gasteiger partial charge in [-0.15, -0.1) is 0 Å². The Hall–Kier alpha value is -3.15. The van der Waals surface area contributed by atoms with Crippen LogP contribution in [-0.4, -0.2) is 31.1 Å². The van der Waals surface area contributed by atoms with E-state index in [9.17, 15) is 14.4 Å². The zero-order valence-electron chi connectivity index (χ0n) is 13.1. The number of rotatable bonds is 6. The Labute approximate surface area is 139 Å². The van der Waals surface area contributed by atoms with Crippen molar-refractivity contribution in [3.8, 4) is 5.75 Å². The standard InChI is InChI=1S/C18H16O6/c1-13(19)22-11-12-23-17(20)15-9-5-6-10-16(15)18(21)24-14-7-3-2-4-8-14/h2-10H,11-12H2,1H3. The third kappa shape index (κ3) is 4.95. The van der Waals surface area contributed by atoms with Gasteiger partial charge < -0.3 is 14.2 Å². The van der Waals surface area contributed by atoms with Crippen LogP contribution in [0, 0.1) is 0 Å². The zero-order chi connectivity index (χ0) is 17.4. The number of carbonyl (C=O) groups excluding carboxylic acids is 3. The Bertz CT molecular complexity index is 723. The minimum Gasteiger partial charge on any atom is -0.462 e. The lowest BCUT2D eigenvalue weighted by atomic mass is 10.1. The summed E-state index contributed by atoms with van der Waals surface area (Å²) in [4.78, 5) is 35.0. The third-order valence-corrected chi connectivity index (χ3v) is 2.94. The van der Waals surface area contributed by atoms with Gasteiger partial charge in [0, 0.05) is 6.92 Å². The number of ether oxygens (including phenoxy) is 3. The molecule has 0 unspecified atom stereocenters. The van der Waals surface area contributed by atoms with Crippen molar-refractivity contribution in [1.82, 2.24) is 0 Å². The zero-order valence-corrected chi connectivity index (χ0v) is 13.1. The molecule has 2 rings (SSSR count). The number of benzene rings is 2. The summed E-state index contributed by atoms with van der Waals surface area (Å²) in [7, 11) is 0. The Kier molecular flexibility index (Phi) is 6.08. The molecule has 0 amide bonds. The van der Waals surface area contributed by atoms with Crippen LogP contribution in [0.15, 0.2) is 54.6 Å². The van der Waals surface area contributed by atoms with Crippen molar-refractivity contribution in [3.05, 3.63) is 65.7 Å². The number of carbonyl (C=O) groups is 3. The van der Waals surface area contributed by atoms with Gasteiger partial charge in [-0.2, -0.15) is 0 Å². The van der Waals surface area contributed by atoms with E-state index in [1.165, 1.54) is 19.1 Å². The van der Waals surface area contributed by atoms with Gasteiger partial charge in [0.15, 0.2) is 0 Å². The maximum atomic E-state index is 12.3. The van der Waals surface area contributed by atoms with Crippen molar-refractivity contribution in [1.29, 1.82) is 0 Å². The molecule has 0 aromatic heterocycles. The molecular formula is C18H16O6. The van der Waals surface area contributed by atoms with Gasteiger partial charge in [0.2, 0.25) is 0 Å². The normalized spacial score (nSPS) is 9.88. The Morgan fingerprint density at radius 3 is 1.92 bits per heavy atom. The van der Waals surface area contributed by atoms with Crippen molar-refractivity contribution in [3.63, 3.8) is 0 Å². The van der Waals surface area contributed by atoms with Crippen LogP contribution in [0.25, 0.3) is 0 Å². The number of para-hydroxylation sites is 1. The van der Waals surface area contributed by atoms with Gasteiger partial charge in [0.25, 0.3) is 0 Å². The van der Waals surface area contributed by atoms with Gasteiger partial charge in [-0.25, -0.2) is 9.59 Å². The van der Waals surface area contributed by atoms with Crippen molar-refractivity contribution in [2.75, 3.05) is 13.2 Å². The summed E-state index contributed by atoms with van der Waals surface area (Å²) in [5.41, 5.74) is 0.181. The first-order chi connectivity index (χ1) is 11.6. The van der Waals surface area contributed by atoms with E-state index >= 15 is 0 Å². The molecule has 2 aromatic rings. The third-order valence-electron chi connectivity index (χ3n) is 2.94. The maximum absolute atomic E-state index is 12.3. The van der Waals surface area contributed by atoms with Gasteiger partial charge in [0.05, 0.1) is 11.1 Å². The predicted octanol–water partition coefficient (Wildman–Crippen LogP) is 2.63. The highest BCUT2D eigenvalue weighted by atomic mass is 16.6. The van der Waals surface area contributed by atoms with E-state index < -0.39 is 17.9 Å². The lowest BCUT2D eigenvalue weighted by Gasteiger charge is -2.09. The summed E-state index contributed by atoms with van der Waals surface area (Å²) in [6, 6.07) is 14.7. The monoisotopic (exact) mass is 328 g/mol. The highest BCUT2D eigenvalue weighted by molar-refractivity contribution is 6.03. The fourth-order valence-corrected chi connectivity index (χ4v) is 1.89. The first-order valence-electron chi connectivity index (χ1n) is 7.24. The molecule has 0 aliphatic heterocycles. The molecule has 24 heavy (non-hydrogen) atoms. The van der Waals surface area contributed by atoms with Gasteiger partial charge in [-0.1, -0.05) is 30.3 Å². The molecule has 0 fully saturated rings. The molecule has 0 aliphatic rings. The fourth-order valence-electron chi connectivity index (χ4n) is 1.89. The van der Waals surface area contributed by atoms with Gasteiger partial charge >= 0.3 is 17.9 Å². The predicted molar refractivity (Wildman–Crippen MR) is 84.8 cm³/mol. The summed E-state index contributed by atoms with van der Waals surface area (Å²) in [6.07, 6.45) is 0. The van der Waals surface area contributed by atoms with Gasteiger partial charge in [-0.3, -0.25) is 4.79 Å². The Morgan fingerprint density at radius 1 is 0.750 bits per heavy atom. The van der Waals surface area contributed by atoms with Crippen molar-refractivity contribution in [2.24, 2.45) is 0 Å². The van der Waals surface area contributed by atoms with E-state index in [1.54, 1.807) is 42.5 Å². The molecule has 0 radical (unpaired) electrons. The van der Waals surface area contributed by atoms with Gasteiger partial charge in [0.1, 0.15) is 19.0 Å². The lowest BCUT2D eigenvalue weighted by Crippen LogP contribution is -2.17. The maximum Gasteiger partial charge on any atom is 0.344 e. The minimum atomic E-state index is -0.692. The van der Waals surface area contributed by atoms with Crippen LogP contribution in [0.3, 0.4) is 0 Å². The smallest absolute Gasteiger partial charge is 0.344 e. The van der Waals surface area contributed by atoms with E-state index in [2.05, 4.69) is 4.74 Å². The van der Waals surface area contributed by atoms with Crippen LogP contribution in [0.1, 0.15) is 27.6 Å². The van der Waals surface area contributed by atoms with Crippen molar-refractivity contribution in [2.45, 2.75) is 6.92 Å². The first-order valence-corrected chi connectivity index (χ1v) is 7.24. The largest absolute Gasteiger partial charge is 0.462 e. The van der Waals surface area contributed by atoms with E-state index in [1.807, 2.05) is 0 Å². The summed E-state index contributed by atoms with van der Waals surface area (Å²) in [5.74, 6) is -1.44. The highest BCUT2D eigenvalue weighted by Crippen LogP contribution is 2.15. The Morgan fingerprint density at radius 2 is 1.29 bits per heavy atom. The van der Waals surface area contributed by atoms with E-state index in [0.29, 0.717) is 5.75 Å². The molecule has 0 saturated carbocycles. The molecular weight excluding hydrogens is 312 g/mol. The molecule has 2 aromatic carbocycles. The summed E-state index contributed by atoms with van der Waals surface area (Å²) >= 11 is 0. The quantitative estimate of drug-likeness (QED) is 0.461. The molecule has 0 aliphatic carbocycles. The summed E-state index contributed by atoms with van der Waals surface area (Å²) in [6.45, 7) is 1.12. The molecule has 6 heteroatoms. The second-order valence-electron chi connectivity index (χ2n) is 4.72. The van der Waals surface area contributed by atoms with Crippen molar-refractivity contribution >= 4 is 17.9 Å². The average Bonchev–Trinajstić information content (AvgIpc) is 2.59. The Balaban J connectivity index is 2.05. The number of hydrogen-bond acceptors (Lipinski definition) is 6. The van der Waals surface area contributed by atoms with Crippen LogP contribution < -0.4 is 4.74 Å². The van der Waals surface area contributed by atoms with E-state index in [-0.39, 0.29) is 24.3 Å². The molecule has 0 heterocycles. The molecule has 0 N–H and O–H groups in total. The van der Waals surface area contributed by atoms with Crippen LogP contribution in [0.5, 0.6) is 5.75 Å². The lowest BCUT2D eigenvalue weighted by molar-refractivity contribution is -0.142. The van der Waals surface area contributed by atoms with Crippen LogP contribution in [0.4, 0.5) is 0 Å².